The van der Waals surface area contributed by atoms with Gasteiger partial charge in [-0.25, -0.2) is 0 Å². The van der Waals surface area contributed by atoms with Gasteiger partial charge in [-0.1, -0.05) is 45.0 Å². The summed E-state index contributed by atoms with van der Waals surface area (Å²) in [5.74, 6) is -1.10. The number of benzene rings is 3. The van der Waals surface area contributed by atoms with Crippen molar-refractivity contribution < 1.29 is 24.5 Å². The van der Waals surface area contributed by atoms with E-state index in [2.05, 4.69) is 0 Å². The van der Waals surface area contributed by atoms with Crippen LogP contribution in [0.25, 0.3) is 5.76 Å². The molecule has 1 saturated heterocycles. The molecular formula is C30H31NO5. The molecule has 0 spiro atoms. The van der Waals surface area contributed by atoms with Crippen LogP contribution in [0.2, 0.25) is 0 Å². The third-order valence-electron chi connectivity index (χ3n) is 6.27. The zero-order chi connectivity index (χ0) is 26.2. The number of phenolic OH excluding ortho intramolecular Hbond substituents is 1. The van der Waals surface area contributed by atoms with Gasteiger partial charge in [-0.15, -0.1) is 0 Å². The monoisotopic (exact) mass is 485 g/mol. The predicted octanol–water partition coefficient (Wildman–Crippen LogP) is 6.02. The summed E-state index contributed by atoms with van der Waals surface area (Å²) >= 11 is 0. The SMILES string of the molecule is CCOc1ccc(/C(O)=C2/C(=O)C(=O)N(c3cccc(C)c3)C2c2cccc(O)c2)cc1C(C)(C)C. The third-order valence-corrected chi connectivity index (χ3v) is 6.27. The molecule has 36 heavy (non-hydrogen) atoms. The molecular weight excluding hydrogens is 454 g/mol. The molecule has 1 amide bonds. The summed E-state index contributed by atoms with van der Waals surface area (Å²) in [6.07, 6.45) is 0. The smallest absolute Gasteiger partial charge is 0.300 e. The van der Waals surface area contributed by atoms with Crippen molar-refractivity contribution >= 4 is 23.1 Å². The van der Waals surface area contributed by atoms with E-state index in [0.29, 0.717) is 29.2 Å². The zero-order valence-electron chi connectivity index (χ0n) is 21.2. The minimum Gasteiger partial charge on any atom is -0.508 e. The van der Waals surface area contributed by atoms with Gasteiger partial charge in [0.15, 0.2) is 0 Å². The molecule has 0 aliphatic carbocycles. The molecule has 2 N–H and O–H groups in total. The lowest BCUT2D eigenvalue weighted by atomic mass is 9.84. The van der Waals surface area contributed by atoms with Crippen molar-refractivity contribution in [3.05, 3.63) is 94.6 Å². The summed E-state index contributed by atoms with van der Waals surface area (Å²) in [4.78, 5) is 28.1. The molecule has 3 aromatic rings. The Bertz CT molecular complexity index is 1370. The van der Waals surface area contributed by atoms with Gasteiger partial charge in [-0.05, 0) is 72.9 Å². The van der Waals surface area contributed by atoms with E-state index in [9.17, 15) is 19.8 Å². The number of hydrogen-bond donors (Lipinski definition) is 2. The summed E-state index contributed by atoms with van der Waals surface area (Å²) in [6.45, 7) is 10.4. The van der Waals surface area contributed by atoms with Gasteiger partial charge >= 0.3 is 0 Å². The number of carbonyl (C=O) groups excluding carboxylic acids is 2. The number of aromatic hydroxyl groups is 1. The standard InChI is InChI=1S/C30H31NO5/c1-6-36-24-14-13-20(17-23(24)30(3,4)5)27(33)25-26(19-10-8-12-22(32)16-19)31(29(35)28(25)34)21-11-7-9-18(2)15-21/h7-17,26,32-33H,6H2,1-5H3/b27-25-. The van der Waals surface area contributed by atoms with Crippen molar-refractivity contribution in [1.29, 1.82) is 0 Å². The van der Waals surface area contributed by atoms with Gasteiger partial charge in [0.1, 0.15) is 17.3 Å². The maximum atomic E-state index is 13.4. The van der Waals surface area contributed by atoms with Crippen LogP contribution < -0.4 is 9.64 Å². The summed E-state index contributed by atoms with van der Waals surface area (Å²) in [7, 11) is 0. The number of hydrogen-bond acceptors (Lipinski definition) is 5. The molecule has 1 aliphatic heterocycles. The van der Waals surface area contributed by atoms with Crippen LogP contribution in [0.5, 0.6) is 11.5 Å². The molecule has 1 unspecified atom stereocenters. The Morgan fingerprint density at radius 2 is 1.72 bits per heavy atom. The fraction of sp³-hybridized carbons (Fsp3) is 0.267. The average Bonchev–Trinajstić information content (AvgIpc) is 3.09. The zero-order valence-corrected chi connectivity index (χ0v) is 21.2. The van der Waals surface area contributed by atoms with Crippen LogP contribution >= 0.6 is 0 Å². The Balaban J connectivity index is 1.96. The lowest BCUT2D eigenvalue weighted by Gasteiger charge is -2.26. The number of aliphatic hydroxyl groups is 1. The number of anilines is 1. The first-order valence-corrected chi connectivity index (χ1v) is 12.0. The van der Waals surface area contributed by atoms with Crippen LogP contribution in [0.3, 0.4) is 0 Å². The maximum absolute atomic E-state index is 13.4. The number of aryl methyl sites for hydroxylation is 1. The summed E-state index contributed by atoms with van der Waals surface area (Å²) < 4.78 is 5.80. The van der Waals surface area contributed by atoms with Crippen molar-refractivity contribution in [2.45, 2.75) is 46.1 Å². The molecule has 0 aromatic heterocycles. The number of aliphatic hydroxyl groups excluding tert-OH is 1. The van der Waals surface area contributed by atoms with Crippen LogP contribution in [0, 0.1) is 6.92 Å². The number of amides is 1. The van der Waals surface area contributed by atoms with E-state index in [-0.39, 0.29) is 22.5 Å². The maximum Gasteiger partial charge on any atom is 0.300 e. The predicted molar refractivity (Wildman–Crippen MR) is 140 cm³/mol. The van der Waals surface area contributed by atoms with Crippen molar-refractivity contribution in [1.82, 2.24) is 0 Å². The molecule has 186 valence electrons. The molecule has 1 aliphatic rings. The Labute approximate surface area is 211 Å². The minimum atomic E-state index is -0.913. The van der Waals surface area contributed by atoms with E-state index in [4.69, 9.17) is 4.74 Å². The molecule has 0 saturated carbocycles. The highest BCUT2D eigenvalue weighted by atomic mass is 16.5. The lowest BCUT2D eigenvalue weighted by Crippen LogP contribution is -2.29. The minimum absolute atomic E-state index is 0.00147. The Hall–Kier alpha value is -4.06. The summed E-state index contributed by atoms with van der Waals surface area (Å²) in [5, 5.41) is 21.7. The first-order valence-electron chi connectivity index (χ1n) is 12.0. The first-order chi connectivity index (χ1) is 17.0. The van der Waals surface area contributed by atoms with Crippen molar-refractivity contribution in [3.8, 4) is 11.5 Å². The van der Waals surface area contributed by atoms with Crippen molar-refractivity contribution in [3.63, 3.8) is 0 Å². The average molecular weight is 486 g/mol. The Morgan fingerprint density at radius 3 is 2.36 bits per heavy atom. The second-order valence-electron chi connectivity index (χ2n) is 10.00. The van der Waals surface area contributed by atoms with E-state index >= 15 is 0 Å². The Kier molecular flexibility index (Phi) is 6.63. The number of ether oxygens (including phenoxy) is 1. The molecule has 1 atom stereocenters. The fourth-order valence-electron chi connectivity index (χ4n) is 4.59. The third kappa shape index (κ3) is 4.59. The van der Waals surface area contributed by atoms with E-state index in [1.165, 1.54) is 17.0 Å². The van der Waals surface area contributed by atoms with Gasteiger partial charge in [-0.2, -0.15) is 0 Å². The number of carbonyl (C=O) groups is 2. The van der Waals surface area contributed by atoms with Crippen molar-refractivity contribution in [2.75, 3.05) is 11.5 Å². The van der Waals surface area contributed by atoms with Gasteiger partial charge in [0.2, 0.25) is 0 Å². The van der Waals surface area contributed by atoms with Gasteiger partial charge < -0.3 is 14.9 Å². The molecule has 3 aromatic carbocycles. The van der Waals surface area contributed by atoms with E-state index < -0.39 is 17.7 Å². The van der Waals surface area contributed by atoms with Gasteiger partial charge in [0.25, 0.3) is 11.7 Å². The van der Waals surface area contributed by atoms with Crippen LogP contribution in [0.15, 0.2) is 72.3 Å². The summed E-state index contributed by atoms with van der Waals surface area (Å²) in [5.41, 5.74) is 2.93. The van der Waals surface area contributed by atoms with E-state index in [1.807, 2.05) is 52.8 Å². The van der Waals surface area contributed by atoms with Crippen molar-refractivity contribution in [2.24, 2.45) is 0 Å². The molecule has 1 heterocycles. The highest BCUT2D eigenvalue weighted by Crippen LogP contribution is 2.43. The number of nitrogens with zero attached hydrogens (tertiary/aromatic N) is 1. The molecule has 4 rings (SSSR count). The number of ketones is 1. The highest BCUT2D eigenvalue weighted by Gasteiger charge is 2.47. The number of Topliss-reactive ketones (excluding diaryl/α,β-unsaturated/α-hetero) is 1. The summed E-state index contributed by atoms with van der Waals surface area (Å²) in [6, 6.07) is 18.0. The molecule has 6 heteroatoms. The largest absolute Gasteiger partial charge is 0.508 e. The number of rotatable bonds is 5. The van der Waals surface area contributed by atoms with Gasteiger partial charge in [0, 0.05) is 16.8 Å². The quantitative estimate of drug-likeness (QED) is 0.262. The highest BCUT2D eigenvalue weighted by molar-refractivity contribution is 6.51. The van der Waals surface area contributed by atoms with Gasteiger partial charge in [-0.3, -0.25) is 14.5 Å². The first kappa shape index (κ1) is 25.0. The lowest BCUT2D eigenvalue weighted by molar-refractivity contribution is -0.132. The van der Waals surface area contributed by atoms with Crippen LogP contribution in [0.1, 0.15) is 56.0 Å². The second kappa shape index (κ2) is 9.53. The van der Waals surface area contributed by atoms with Crippen LogP contribution in [0.4, 0.5) is 5.69 Å². The normalized spacial score (nSPS) is 17.5. The molecule has 0 bridgehead atoms. The molecule has 0 radical (unpaired) electrons. The second-order valence-corrected chi connectivity index (χ2v) is 10.00. The fourth-order valence-corrected chi connectivity index (χ4v) is 4.59. The van der Waals surface area contributed by atoms with E-state index in [0.717, 1.165) is 11.1 Å². The van der Waals surface area contributed by atoms with E-state index in [1.54, 1.807) is 36.4 Å². The number of phenols is 1. The van der Waals surface area contributed by atoms with Gasteiger partial charge in [0.05, 0.1) is 18.2 Å². The Morgan fingerprint density at radius 1 is 1.00 bits per heavy atom. The molecule has 6 nitrogen and oxygen atoms in total. The van der Waals surface area contributed by atoms with Crippen LogP contribution in [-0.4, -0.2) is 28.5 Å². The topological polar surface area (TPSA) is 87.1 Å². The molecule has 1 fully saturated rings. The van der Waals surface area contributed by atoms with Crippen LogP contribution in [-0.2, 0) is 15.0 Å².